The summed E-state index contributed by atoms with van der Waals surface area (Å²) in [7, 11) is 1.36. The number of nitrogens with two attached hydrogens (primary N) is 1. The molecule has 0 atom stereocenters. The van der Waals surface area contributed by atoms with Gasteiger partial charge in [-0.15, -0.1) is 0 Å². The Bertz CT molecular complexity index is 81.3. The molecule has 2 N–H and O–H groups in total. The molecule has 0 aromatic heterocycles. The van der Waals surface area contributed by atoms with Gasteiger partial charge < -0.3 is 5.73 Å². The summed E-state index contributed by atoms with van der Waals surface area (Å²) in [4.78, 5) is 0. The fraction of sp³-hybridized carbons (Fsp3) is 1.00. The third kappa shape index (κ3) is 5.00. The first kappa shape index (κ1) is 10.2. The zero-order valence-corrected chi connectivity index (χ0v) is 9.61. The first-order valence-corrected chi connectivity index (χ1v) is 5.74. The molecule has 0 aromatic carbocycles. The molecular formula is C8H21NSi. The lowest BCUT2D eigenvalue weighted by atomic mass is 9.88. The summed E-state index contributed by atoms with van der Waals surface area (Å²) in [5, 5.41) is 0. The molecule has 0 unspecified atom stereocenters. The summed E-state index contributed by atoms with van der Waals surface area (Å²) in [6.07, 6.45) is 4.08. The molecule has 1 nitrogen and oxygen atoms in total. The molecule has 0 amide bonds. The van der Waals surface area contributed by atoms with Crippen LogP contribution in [0.2, 0.25) is 6.04 Å². The monoisotopic (exact) mass is 159 g/mol. The Hall–Kier alpha value is 0.177. The van der Waals surface area contributed by atoms with E-state index < -0.39 is 0 Å². The second-order valence-corrected chi connectivity index (χ2v) is 4.83. The van der Waals surface area contributed by atoms with E-state index in [9.17, 15) is 0 Å². The van der Waals surface area contributed by atoms with Crippen molar-refractivity contribution in [3.63, 3.8) is 0 Å². The molecule has 0 saturated heterocycles. The van der Waals surface area contributed by atoms with Gasteiger partial charge in [-0.1, -0.05) is 32.7 Å². The van der Waals surface area contributed by atoms with Gasteiger partial charge in [-0.05, 0) is 18.4 Å². The average Bonchev–Trinajstić information content (AvgIpc) is 1.89. The highest BCUT2D eigenvalue weighted by Crippen LogP contribution is 2.21. The van der Waals surface area contributed by atoms with Crippen LogP contribution in [0.3, 0.4) is 0 Å². The second kappa shape index (κ2) is 4.91. The minimum Gasteiger partial charge on any atom is -0.330 e. The summed E-state index contributed by atoms with van der Waals surface area (Å²) in [5.74, 6) is 0. The van der Waals surface area contributed by atoms with Crippen molar-refractivity contribution < 1.29 is 0 Å². The molecule has 0 fully saturated rings. The van der Waals surface area contributed by atoms with Crippen LogP contribution in [0.4, 0.5) is 0 Å². The van der Waals surface area contributed by atoms with Gasteiger partial charge in [-0.25, -0.2) is 0 Å². The van der Waals surface area contributed by atoms with Crippen LogP contribution in [0.15, 0.2) is 0 Å². The third-order valence-corrected chi connectivity index (χ3v) is 2.72. The van der Waals surface area contributed by atoms with E-state index in [0.717, 1.165) is 6.54 Å². The zero-order chi connectivity index (χ0) is 8.04. The van der Waals surface area contributed by atoms with Gasteiger partial charge in [-0.2, -0.15) is 0 Å². The summed E-state index contributed by atoms with van der Waals surface area (Å²) in [5.41, 5.74) is 5.98. The maximum absolute atomic E-state index is 5.60. The summed E-state index contributed by atoms with van der Waals surface area (Å²) in [6.45, 7) is 5.33. The predicted molar refractivity (Wildman–Crippen MR) is 51.4 cm³/mol. The number of unbranched alkanes of at least 4 members (excludes halogenated alkanes) is 1. The lowest BCUT2D eigenvalue weighted by Gasteiger charge is -2.21. The highest BCUT2D eigenvalue weighted by molar-refractivity contribution is 6.08. The minimum absolute atomic E-state index is 0.386. The van der Waals surface area contributed by atoms with Gasteiger partial charge >= 0.3 is 0 Å². The predicted octanol–water partition coefficient (Wildman–Crippen LogP) is 0.925. The van der Waals surface area contributed by atoms with Crippen molar-refractivity contribution in [2.24, 2.45) is 11.1 Å². The number of hydrogen-bond acceptors (Lipinski definition) is 1. The molecular weight excluding hydrogens is 138 g/mol. The Kier molecular flexibility index (Phi) is 5.00. The lowest BCUT2D eigenvalue weighted by molar-refractivity contribution is 0.335. The molecule has 0 spiro atoms. The van der Waals surface area contributed by atoms with Gasteiger partial charge in [0.2, 0.25) is 0 Å². The van der Waals surface area contributed by atoms with Gasteiger partial charge in [0.05, 0.1) is 0 Å². The standard InChI is InChI=1S/C8H21NSi/c1-8(2,7-9)5-3-4-6-10/h3-7,9H2,1-2,10H3. The first-order valence-electron chi connectivity index (χ1n) is 4.32. The van der Waals surface area contributed by atoms with E-state index in [0.29, 0.717) is 5.41 Å². The highest BCUT2D eigenvalue weighted by atomic mass is 28.1. The van der Waals surface area contributed by atoms with E-state index in [2.05, 4.69) is 13.8 Å². The van der Waals surface area contributed by atoms with Crippen LogP contribution in [0, 0.1) is 5.41 Å². The van der Waals surface area contributed by atoms with Crippen molar-refractivity contribution in [1.29, 1.82) is 0 Å². The Morgan fingerprint density at radius 2 is 1.90 bits per heavy atom. The maximum Gasteiger partial charge on any atom is 0.00279 e. The summed E-state index contributed by atoms with van der Waals surface area (Å²) < 4.78 is 0. The van der Waals surface area contributed by atoms with Crippen LogP contribution >= 0.6 is 0 Å². The van der Waals surface area contributed by atoms with Crippen LogP contribution < -0.4 is 5.73 Å². The SMILES string of the molecule is CC(C)(CN)CCCC[SiH3]. The molecule has 0 aliphatic rings. The van der Waals surface area contributed by atoms with Gasteiger partial charge in [0.25, 0.3) is 0 Å². The van der Waals surface area contributed by atoms with Crippen LogP contribution in [-0.4, -0.2) is 16.8 Å². The van der Waals surface area contributed by atoms with E-state index >= 15 is 0 Å². The molecule has 0 heterocycles. The van der Waals surface area contributed by atoms with Crippen LogP contribution in [0.5, 0.6) is 0 Å². The van der Waals surface area contributed by atoms with Crippen LogP contribution in [-0.2, 0) is 0 Å². The van der Waals surface area contributed by atoms with E-state index in [1.807, 2.05) is 0 Å². The molecule has 0 aromatic rings. The zero-order valence-electron chi connectivity index (χ0n) is 7.61. The van der Waals surface area contributed by atoms with Gasteiger partial charge in [0.1, 0.15) is 0 Å². The Morgan fingerprint density at radius 1 is 1.30 bits per heavy atom. The quantitative estimate of drug-likeness (QED) is 0.469. The molecule has 0 rings (SSSR count). The molecule has 62 valence electrons. The van der Waals surface area contributed by atoms with Crippen LogP contribution in [0.1, 0.15) is 33.1 Å². The van der Waals surface area contributed by atoms with E-state index in [1.165, 1.54) is 35.5 Å². The average molecular weight is 159 g/mol. The molecule has 0 bridgehead atoms. The normalized spacial score (nSPS) is 12.3. The van der Waals surface area contributed by atoms with E-state index in [-0.39, 0.29) is 0 Å². The second-order valence-electron chi connectivity index (χ2n) is 3.83. The van der Waals surface area contributed by atoms with Gasteiger partial charge in [0, 0.05) is 10.2 Å². The van der Waals surface area contributed by atoms with Crippen molar-refractivity contribution in [1.82, 2.24) is 0 Å². The molecule has 10 heavy (non-hydrogen) atoms. The molecule has 2 heteroatoms. The van der Waals surface area contributed by atoms with Gasteiger partial charge in [0.15, 0.2) is 0 Å². The van der Waals surface area contributed by atoms with E-state index in [4.69, 9.17) is 5.73 Å². The van der Waals surface area contributed by atoms with E-state index in [1.54, 1.807) is 0 Å². The third-order valence-electron chi connectivity index (χ3n) is 2.01. The summed E-state index contributed by atoms with van der Waals surface area (Å²) >= 11 is 0. The van der Waals surface area contributed by atoms with Crippen molar-refractivity contribution in [2.75, 3.05) is 6.54 Å². The van der Waals surface area contributed by atoms with Crippen molar-refractivity contribution in [2.45, 2.75) is 39.2 Å². The highest BCUT2D eigenvalue weighted by Gasteiger charge is 2.13. The number of hydrogen-bond donors (Lipinski definition) is 1. The number of rotatable bonds is 5. The van der Waals surface area contributed by atoms with Crippen LogP contribution in [0.25, 0.3) is 0 Å². The largest absolute Gasteiger partial charge is 0.330 e. The Balaban J connectivity index is 3.28. The first-order chi connectivity index (χ1) is 4.62. The smallest absolute Gasteiger partial charge is 0.00279 e. The maximum atomic E-state index is 5.60. The lowest BCUT2D eigenvalue weighted by Crippen LogP contribution is -2.23. The topological polar surface area (TPSA) is 26.0 Å². The summed E-state index contributed by atoms with van der Waals surface area (Å²) in [6, 6.07) is 1.45. The minimum atomic E-state index is 0.386. The Labute approximate surface area is 67.8 Å². The van der Waals surface area contributed by atoms with Crippen molar-refractivity contribution >= 4 is 10.2 Å². The molecule has 0 aliphatic heterocycles. The molecule has 0 saturated carbocycles. The van der Waals surface area contributed by atoms with Crippen molar-refractivity contribution in [3.05, 3.63) is 0 Å². The van der Waals surface area contributed by atoms with Crippen molar-refractivity contribution in [3.8, 4) is 0 Å². The molecule has 0 radical (unpaired) electrons. The fourth-order valence-electron chi connectivity index (χ4n) is 0.956. The molecule has 0 aliphatic carbocycles. The fourth-order valence-corrected chi connectivity index (χ4v) is 1.46. The Morgan fingerprint density at radius 3 is 2.30 bits per heavy atom. The van der Waals surface area contributed by atoms with Gasteiger partial charge in [-0.3, -0.25) is 0 Å².